The molecular formula is C13H18N6. The summed E-state index contributed by atoms with van der Waals surface area (Å²) < 4.78 is 0. The maximum absolute atomic E-state index is 8.69. The van der Waals surface area contributed by atoms with Crippen LogP contribution >= 0.6 is 0 Å². The number of piperazine rings is 1. The molecule has 2 heterocycles. The Morgan fingerprint density at radius 3 is 2.74 bits per heavy atom. The smallest absolute Gasteiger partial charge is 0.134 e. The molecule has 1 aliphatic heterocycles. The first-order chi connectivity index (χ1) is 9.35. The van der Waals surface area contributed by atoms with Crippen LogP contribution in [0.3, 0.4) is 0 Å². The summed E-state index contributed by atoms with van der Waals surface area (Å²) in [5.41, 5.74) is 0. The van der Waals surface area contributed by atoms with Crippen LogP contribution in [0, 0.1) is 11.3 Å². The zero-order valence-electron chi connectivity index (χ0n) is 10.9. The summed E-state index contributed by atoms with van der Waals surface area (Å²) in [6, 6.07) is 4.83. The Kier molecular flexibility index (Phi) is 3.47. The van der Waals surface area contributed by atoms with Gasteiger partial charge in [0.2, 0.25) is 0 Å². The Hall–Kier alpha value is -1.87. The lowest BCUT2D eigenvalue weighted by molar-refractivity contribution is 0.286. The largest absolute Gasteiger partial charge is 0.367 e. The molecule has 2 fully saturated rings. The van der Waals surface area contributed by atoms with Crippen molar-refractivity contribution in [2.45, 2.75) is 18.9 Å². The van der Waals surface area contributed by atoms with Gasteiger partial charge in [0.25, 0.3) is 0 Å². The van der Waals surface area contributed by atoms with Crippen LogP contribution in [-0.4, -0.2) is 53.6 Å². The average Bonchev–Trinajstić information content (AvgIpc) is 3.24. The summed E-state index contributed by atoms with van der Waals surface area (Å²) in [6.45, 7) is 4.20. The number of nitrogens with one attached hydrogen (secondary N) is 1. The molecule has 100 valence electrons. The van der Waals surface area contributed by atoms with Gasteiger partial charge in [-0.05, 0) is 12.8 Å². The van der Waals surface area contributed by atoms with Gasteiger partial charge >= 0.3 is 0 Å². The highest BCUT2D eigenvalue weighted by molar-refractivity contribution is 5.49. The predicted octanol–water partition coefficient (Wildman–Crippen LogP) is 0.696. The number of nitrogens with zero attached hydrogens (tertiary/aromatic N) is 5. The van der Waals surface area contributed by atoms with Gasteiger partial charge in [-0.3, -0.25) is 4.90 Å². The average molecular weight is 258 g/mol. The maximum atomic E-state index is 8.69. The second-order valence-electron chi connectivity index (χ2n) is 5.10. The SMILES string of the molecule is N#CCN1CCN(c2cc(NC3CC3)ncn2)CC1. The van der Waals surface area contributed by atoms with Crippen LogP contribution in [0.2, 0.25) is 0 Å². The van der Waals surface area contributed by atoms with E-state index in [1.165, 1.54) is 12.8 Å². The van der Waals surface area contributed by atoms with Crippen LogP contribution in [0.4, 0.5) is 11.6 Å². The molecule has 19 heavy (non-hydrogen) atoms. The molecule has 0 amide bonds. The van der Waals surface area contributed by atoms with Crippen molar-refractivity contribution in [2.24, 2.45) is 0 Å². The molecule has 0 unspecified atom stereocenters. The van der Waals surface area contributed by atoms with E-state index in [1.807, 2.05) is 6.07 Å². The van der Waals surface area contributed by atoms with Crippen molar-refractivity contribution in [1.29, 1.82) is 5.26 Å². The highest BCUT2D eigenvalue weighted by Crippen LogP contribution is 2.25. The molecular weight excluding hydrogens is 240 g/mol. The molecule has 0 radical (unpaired) electrons. The molecule has 0 bridgehead atoms. The van der Waals surface area contributed by atoms with Crippen molar-refractivity contribution >= 4 is 11.6 Å². The third-order valence-electron chi connectivity index (χ3n) is 3.57. The molecule has 0 aromatic carbocycles. The fraction of sp³-hybridized carbons (Fsp3) is 0.615. The zero-order chi connectivity index (χ0) is 13.1. The maximum Gasteiger partial charge on any atom is 0.134 e. The van der Waals surface area contributed by atoms with Crippen LogP contribution < -0.4 is 10.2 Å². The summed E-state index contributed by atoms with van der Waals surface area (Å²) in [7, 11) is 0. The monoisotopic (exact) mass is 258 g/mol. The first-order valence-electron chi connectivity index (χ1n) is 6.78. The number of anilines is 2. The van der Waals surface area contributed by atoms with Gasteiger partial charge in [-0.25, -0.2) is 9.97 Å². The summed E-state index contributed by atoms with van der Waals surface area (Å²) in [5, 5.41) is 12.1. The van der Waals surface area contributed by atoms with Crippen molar-refractivity contribution in [3.05, 3.63) is 12.4 Å². The van der Waals surface area contributed by atoms with Gasteiger partial charge in [-0.1, -0.05) is 0 Å². The molecule has 1 aliphatic carbocycles. The molecule has 1 aromatic rings. The number of aromatic nitrogens is 2. The fourth-order valence-electron chi connectivity index (χ4n) is 2.27. The molecule has 6 nitrogen and oxygen atoms in total. The molecule has 1 saturated carbocycles. The summed E-state index contributed by atoms with van der Waals surface area (Å²) in [5.74, 6) is 1.90. The Balaban J connectivity index is 1.61. The van der Waals surface area contributed by atoms with E-state index in [1.54, 1.807) is 6.33 Å². The Bertz CT molecular complexity index is 470. The molecule has 6 heteroatoms. The van der Waals surface area contributed by atoms with E-state index in [9.17, 15) is 0 Å². The highest BCUT2D eigenvalue weighted by Gasteiger charge is 2.22. The lowest BCUT2D eigenvalue weighted by atomic mass is 10.3. The van der Waals surface area contributed by atoms with Crippen molar-refractivity contribution in [2.75, 3.05) is 42.9 Å². The van der Waals surface area contributed by atoms with Crippen molar-refractivity contribution in [1.82, 2.24) is 14.9 Å². The normalized spacial score (nSPS) is 20.1. The van der Waals surface area contributed by atoms with E-state index in [0.717, 1.165) is 37.8 Å². The van der Waals surface area contributed by atoms with Crippen LogP contribution in [-0.2, 0) is 0 Å². The quantitative estimate of drug-likeness (QED) is 0.802. The minimum absolute atomic E-state index is 0.520. The minimum atomic E-state index is 0.520. The summed E-state index contributed by atoms with van der Waals surface area (Å²) >= 11 is 0. The van der Waals surface area contributed by atoms with Gasteiger partial charge in [0.1, 0.15) is 18.0 Å². The van der Waals surface area contributed by atoms with Gasteiger partial charge in [0.15, 0.2) is 0 Å². The van der Waals surface area contributed by atoms with E-state index in [0.29, 0.717) is 12.6 Å². The third kappa shape index (κ3) is 3.12. The van der Waals surface area contributed by atoms with Crippen molar-refractivity contribution in [3.63, 3.8) is 0 Å². The van der Waals surface area contributed by atoms with Crippen LogP contribution in [0.15, 0.2) is 12.4 Å². The number of hydrogen-bond acceptors (Lipinski definition) is 6. The fourth-order valence-corrected chi connectivity index (χ4v) is 2.27. The predicted molar refractivity (Wildman–Crippen MR) is 72.9 cm³/mol. The first-order valence-corrected chi connectivity index (χ1v) is 6.78. The lowest BCUT2D eigenvalue weighted by Gasteiger charge is -2.34. The van der Waals surface area contributed by atoms with Gasteiger partial charge in [0, 0.05) is 38.3 Å². The zero-order valence-corrected chi connectivity index (χ0v) is 10.9. The van der Waals surface area contributed by atoms with E-state index < -0.39 is 0 Å². The Labute approximate surface area is 113 Å². The molecule has 3 rings (SSSR count). The number of hydrogen-bond donors (Lipinski definition) is 1. The topological polar surface area (TPSA) is 68.1 Å². The van der Waals surface area contributed by atoms with Crippen molar-refractivity contribution < 1.29 is 0 Å². The number of rotatable bonds is 4. The van der Waals surface area contributed by atoms with Gasteiger partial charge in [-0.15, -0.1) is 0 Å². The third-order valence-corrected chi connectivity index (χ3v) is 3.57. The molecule has 1 aromatic heterocycles. The van der Waals surface area contributed by atoms with Gasteiger partial charge in [0.05, 0.1) is 12.6 Å². The second kappa shape index (κ2) is 5.41. The van der Waals surface area contributed by atoms with E-state index >= 15 is 0 Å². The second-order valence-corrected chi connectivity index (χ2v) is 5.10. The standard InChI is InChI=1S/C13H18N6/c14-3-4-18-5-7-19(8-6-18)13-9-12(15-10-16-13)17-11-1-2-11/h9-11H,1-2,4-8H2,(H,15,16,17). The molecule has 1 N–H and O–H groups in total. The van der Waals surface area contributed by atoms with E-state index in [4.69, 9.17) is 5.26 Å². The number of nitriles is 1. The van der Waals surface area contributed by atoms with Gasteiger partial charge < -0.3 is 10.2 Å². The first kappa shape index (κ1) is 12.2. The van der Waals surface area contributed by atoms with Crippen LogP contribution in [0.1, 0.15) is 12.8 Å². The summed E-state index contributed by atoms with van der Waals surface area (Å²) in [6.07, 6.45) is 4.11. The van der Waals surface area contributed by atoms with E-state index in [2.05, 4.69) is 31.2 Å². The van der Waals surface area contributed by atoms with Crippen LogP contribution in [0.5, 0.6) is 0 Å². The van der Waals surface area contributed by atoms with Crippen molar-refractivity contribution in [3.8, 4) is 6.07 Å². The Morgan fingerprint density at radius 1 is 1.26 bits per heavy atom. The van der Waals surface area contributed by atoms with Crippen LogP contribution in [0.25, 0.3) is 0 Å². The molecule has 1 saturated heterocycles. The molecule has 2 aliphatic rings. The van der Waals surface area contributed by atoms with Gasteiger partial charge in [-0.2, -0.15) is 5.26 Å². The lowest BCUT2D eigenvalue weighted by Crippen LogP contribution is -2.46. The minimum Gasteiger partial charge on any atom is -0.367 e. The Morgan fingerprint density at radius 2 is 2.05 bits per heavy atom. The molecule has 0 spiro atoms. The van der Waals surface area contributed by atoms with E-state index in [-0.39, 0.29) is 0 Å². The molecule has 0 atom stereocenters. The highest BCUT2D eigenvalue weighted by atomic mass is 15.3. The summed E-state index contributed by atoms with van der Waals surface area (Å²) in [4.78, 5) is 13.0.